The van der Waals surface area contributed by atoms with Crippen LogP contribution in [-0.4, -0.2) is 56.0 Å². The summed E-state index contributed by atoms with van der Waals surface area (Å²) < 4.78 is 0. The Balaban J connectivity index is 2.03. The van der Waals surface area contributed by atoms with Gasteiger partial charge in [0.15, 0.2) is 0 Å². The summed E-state index contributed by atoms with van der Waals surface area (Å²) >= 11 is 0. The molecule has 0 aliphatic carbocycles. The van der Waals surface area contributed by atoms with E-state index in [4.69, 9.17) is 5.73 Å². The van der Waals surface area contributed by atoms with Gasteiger partial charge in [0.2, 0.25) is 11.8 Å². The third-order valence-electron chi connectivity index (χ3n) is 3.26. The Morgan fingerprint density at radius 2 is 1.89 bits per heavy atom. The maximum Gasteiger partial charge on any atom is 0.239 e. The molecule has 1 aliphatic heterocycles. The predicted octanol–water partition coefficient (Wildman–Crippen LogP) is -1.09. The first-order valence-electron chi connectivity index (χ1n) is 6.57. The molecule has 1 heterocycles. The summed E-state index contributed by atoms with van der Waals surface area (Å²) in [6.07, 6.45) is 2.47. The SMILES string of the molecule is CC1CCN(CCNC(=O)CNC(=O)CN)CC1. The summed E-state index contributed by atoms with van der Waals surface area (Å²) in [7, 11) is 0. The van der Waals surface area contributed by atoms with Crippen LogP contribution in [0, 0.1) is 5.92 Å². The second kappa shape index (κ2) is 8.05. The summed E-state index contributed by atoms with van der Waals surface area (Å²) in [5.74, 6) is 0.347. The molecule has 1 aliphatic rings. The predicted molar refractivity (Wildman–Crippen MR) is 69.9 cm³/mol. The molecule has 2 amide bonds. The summed E-state index contributed by atoms with van der Waals surface area (Å²) in [5, 5.41) is 5.22. The minimum Gasteiger partial charge on any atom is -0.353 e. The standard InChI is InChI=1S/C12H24N4O2/c1-10-2-5-16(6-3-10)7-4-14-12(18)9-15-11(17)8-13/h10H,2-9,13H2,1H3,(H,14,18)(H,15,17). The highest BCUT2D eigenvalue weighted by atomic mass is 16.2. The molecule has 0 aromatic rings. The van der Waals surface area contributed by atoms with Crippen molar-refractivity contribution in [2.24, 2.45) is 11.7 Å². The van der Waals surface area contributed by atoms with Crippen molar-refractivity contribution in [3.8, 4) is 0 Å². The van der Waals surface area contributed by atoms with Gasteiger partial charge in [0.05, 0.1) is 13.1 Å². The van der Waals surface area contributed by atoms with Crippen LogP contribution in [0.15, 0.2) is 0 Å². The Labute approximate surface area is 108 Å². The minimum absolute atomic E-state index is 0.00701. The Bertz CT molecular complexity index is 275. The highest BCUT2D eigenvalue weighted by Crippen LogP contribution is 2.14. The van der Waals surface area contributed by atoms with Crippen molar-refractivity contribution in [3.63, 3.8) is 0 Å². The molecule has 0 aromatic carbocycles. The molecule has 0 spiro atoms. The summed E-state index contributed by atoms with van der Waals surface area (Å²) in [6.45, 7) is 5.93. The monoisotopic (exact) mass is 256 g/mol. The first kappa shape index (κ1) is 14.9. The van der Waals surface area contributed by atoms with E-state index in [0.29, 0.717) is 6.54 Å². The first-order valence-corrected chi connectivity index (χ1v) is 6.57. The zero-order valence-electron chi connectivity index (χ0n) is 11.1. The topological polar surface area (TPSA) is 87.5 Å². The molecule has 104 valence electrons. The molecular weight excluding hydrogens is 232 g/mol. The van der Waals surface area contributed by atoms with Gasteiger partial charge in [-0.1, -0.05) is 6.92 Å². The van der Waals surface area contributed by atoms with Crippen molar-refractivity contribution in [2.75, 3.05) is 39.3 Å². The Morgan fingerprint density at radius 1 is 1.22 bits per heavy atom. The van der Waals surface area contributed by atoms with Gasteiger partial charge in [-0.2, -0.15) is 0 Å². The number of carbonyl (C=O) groups is 2. The number of nitrogens with one attached hydrogen (secondary N) is 2. The lowest BCUT2D eigenvalue weighted by Crippen LogP contribution is -2.43. The van der Waals surface area contributed by atoms with E-state index in [1.54, 1.807) is 0 Å². The van der Waals surface area contributed by atoms with Crippen molar-refractivity contribution in [1.82, 2.24) is 15.5 Å². The molecule has 4 N–H and O–H groups in total. The third-order valence-corrected chi connectivity index (χ3v) is 3.26. The lowest BCUT2D eigenvalue weighted by Gasteiger charge is -2.30. The number of nitrogens with two attached hydrogens (primary N) is 1. The van der Waals surface area contributed by atoms with Crippen LogP contribution in [0.4, 0.5) is 0 Å². The lowest BCUT2D eigenvalue weighted by molar-refractivity contribution is -0.125. The minimum atomic E-state index is -0.310. The van der Waals surface area contributed by atoms with Gasteiger partial charge in [-0.25, -0.2) is 0 Å². The quantitative estimate of drug-likeness (QED) is 0.563. The first-order chi connectivity index (χ1) is 8.61. The van der Waals surface area contributed by atoms with Gasteiger partial charge >= 0.3 is 0 Å². The van der Waals surface area contributed by atoms with Gasteiger partial charge in [-0.3, -0.25) is 9.59 Å². The fourth-order valence-electron chi connectivity index (χ4n) is 1.95. The van der Waals surface area contributed by atoms with Crippen LogP contribution in [0.25, 0.3) is 0 Å². The average Bonchev–Trinajstić information content (AvgIpc) is 2.38. The Kier molecular flexibility index (Phi) is 6.67. The lowest BCUT2D eigenvalue weighted by atomic mass is 9.99. The molecule has 0 atom stereocenters. The average molecular weight is 256 g/mol. The maximum absolute atomic E-state index is 11.4. The molecule has 6 heteroatoms. The van der Waals surface area contributed by atoms with E-state index < -0.39 is 0 Å². The molecule has 18 heavy (non-hydrogen) atoms. The highest BCUT2D eigenvalue weighted by molar-refractivity contribution is 5.85. The molecular formula is C12H24N4O2. The third kappa shape index (κ3) is 5.97. The van der Waals surface area contributed by atoms with Crippen LogP contribution < -0.4 is 16.4 Å². The van der Waals surface area contributed by atoms with E-state index in [-0.39, 0.29) is 24.9 Å². The Morgan fingerprint density at radius 3 is 2.50 bits per heavy atom. The molecule has 6 nitrogen and oxygen atoms in total. The Hall–Kier alpha value is -1.14. The van der Waals surface area contributed by atoms with E-state index in [1.807, 2.05) is 0 Å². The molecule has 1 saturated heterocycles. The van der Waals surface area contributed by atoms with Crippen LogP contribution in [0.5, 0.6) is 0 Å². The van der Waals surface area contributed by atoms with Crippen LogP contribution in [0.3, 0.4) is 0 Å². The zero-order chi connectivity index (χ0) is 13.4. The molecule has 0 aromatic heterocycles. The summed E-state index contributed by atoms with van der Waals surface area (Å²) in [4.78, 5) is 24.6. The molecule has 1 fully saturated rings. The number of nitrogens with zero attached hydrogens (tertiary/aromatic N) is 1. The van der Waals surface area contributed by atoms with Gasteiger partial charge in [-0.05, 0) is 31.8 Å². The van der Waals surface area contributed by atoms with Crippen molar-refractivity contribution >= 4 is 11.8 Å². The molecule has 0 unspecified atom stereocenters. The number of hydrogen-bond donors (Lipinski definition) is 3. The van der Waals surface area contributed by atoms with E-state index in [9.17, 15) is 9.59 Å². The number of likely N-dealkylation sites (tertiary alicyclic amines) is 1. The van der Waals surface area contributed by atoms with Gasteiger partial charge in [0.25, 0.3) is 0 Å². The molecule has 0 saturated carbocycles. The number of rotatable bonds is 6. The fourth-order valence-corrected chi connectivity index (χ4v) is 1.95. The number of hydrogen-bond acceptors (Lipinski definition) is 4. The van der Waals surface area contributed by atoms with Crippen molar-refractivity contribution < 1.29 is 9.59 Å². The summed E-state index contributed by atoms with van der Waals surface area (Å²) in [6, 6.07) is 0. The second-order valence-corrected chi connectivity index (χ2v) is 4.85. The summed E-state index contributed by atoms with van der Waals surface area (Å²) in [5.41, 5.74) is 5.12. The largest absolute Gasteiger partial charge is 0.353 e. The second-order valence-electron chi connectivity index (χ2n) is 4.85. The van der Waals surface area contributed by atoms with Crippen molar-refractivity contribution in [2.45, 2.75) is 19.8 Å². The maximum atomic E-state index is 11.4. The molecule has 0 bridgehead atoms. The van der Waals surface area contributed by atoms with E-state index in [2.05, 4.69) is 22.5 Å². The van der Waals surface area contributed by atoms with E-state index >= 15 is 0 Å². The van der Waals surface area contributed by atoms with Gasteiger partial charge in [-0.15, -0.1) is 0 Å². The van der Waals surface area contributed by atoms with Crippen LogP contribution in [0.1, 0.15) is 19.8 Å². The fraction of sp³-hybridized carbons (Fsp3) is 0.833. The van der Waals surface area contributed by atoms with Gasteiger partial charge < -0.3 is 21.3 Å². The van der Waals surface area contributed by atoms with Crippen molar-refractivity contribution in [3.05, 3.63) is 0 Å². The number of amides is 2. The molecule has 0 radical (unpaired) electrons. The van der Waals surface area contributed by atoms with Gasteiger partial charge in [0.1, 0.15) is 0 Å². The van der Waals surface area contributed by atoms with Gasteiger partial charge in [0, 0.05) is 13.1 Å². The van der Waals surface area contributed by atoms with Crippen LogP contribution in [-0.2, 0) is 9.59 Å². The number of piperidine rings is 1. The normalized spacial score (nSPS) is 17.4. The highest BCUT2D eigenvalue weighted by Gasteiger charge is 2.15. The smallest absolute Gasteiger partial charge is 0.239 e. The van der Waals surface area contributed by atoms with Crippen LogP contribution in [0.2, 0.25) is 0 Å². The molecule has 1 rings (SSSR count). The van der Waals surface area contributed by atoms with E-state index in [1.165, 1.54) is 12.8 Å². The van der Waals surface area contributed by atoms with Crippen LogP contribution >= 0.6 is 0 Å². The zero-order valence-corrected chi connectivity index (χ0v) is 11.1. The van der Waals surface area contributed by atoms with Crippen molar-refractivity contribution in [1.29, 1.82) is 0 Å². The van der Waals surface area contributed by atoms with E-state index in [0.717, 1.165) is 25.6 Å². The number of carbonyl (C=O) groups excluding carboxylic acids is 2.